The minimum absolute atomic E-state index is 0.0227. The summed E-state index contributed by atoms with van der Waals surface area (Å²) in [5, 5.41) is 15.7. The van der Waals surface area contributed by atoms with E-state index >= 15 is 0 Å². The van der Waals surface area contributed by atoms with E-state index in [0.29, 0.717) is 48.9 Å². The number of ether oxygens (including phenoxy) is 3. The van der Waals surface area contributed by atoms with Gasteiger partial charge in [0.05, 0.1) is 6.61 Å². The number of hydrogen-bond donors (Lipinski definition) is 4. The van der Waals surface area contributed by atoms with Crippen molar-refractivity contribution in [2.75, 3.05) is 19.8 Å². The van der Waals surface area contributed by atoms with Crippen LogP contribution in [0.25, 0.3) is 10.9 Å². The van der Waals surface area contributed by atoms with E-state index in [0.717, 1.165) is 50.3 Å². The molecule has 2 aromatic rings. The number of carbonyl (C=O) groups is 4. The predicted octanol–water partition coefficient (Wildman–Crippen LogP) is 0.379. The number of alkyl carbamates (subject to hydrolysis) is 1. The third-order valence-corrected chi connectivity index (χ3v) is 18.2. The van der Waals surface area contributed by atoms with Gasteiger partial charge in [0.1, 0.15) is 0 Å². The molecule has 0 radical (unpaired) electrons. The van der Waals surface area contributed by atoms with Crippen LogP contribution >= 0.6 is 0 Å². The zero-order valence-corrected chi connectivity index (χ0v) is 36.0. The van der Waals surface area contributed by atoms with Gasteiger partial charge in [-0.3, -0.25) is 0 Å². The number of halogens is 1. The summed E-state index contributed by atoms with van der Waals surface area (Å²) in [6, 6.07) is 5.37. The maximum atomic E-state index is 15.0. The first-order valence-electron chi connectivity index (χ1n) is 20.9. The minimum atomic E-state index is -3.90. The molecule has 7 atom stereocenters. The topological polar surface area (TPSA) is 203 Å². The monoisotopic (exact) mass is 946 g/mol. The van der Waals surface area contributed by atoms with Gasteiger partial charge >= 0.3 is 313 Å². The number of aromatic nitrogens is 1. The van der Waals surface area contributed by atoms with Crippen molar-refractivity contribution >= 4 is 44.7 Å². The van der Waals surface area contributed by atoms with Crippen LogP contribution in [0, 0.1) is 11.8 Å². The first kappa shape index (κ1) is 41.8. The first-order chi connectivity index (χ1) is 28.5. The third kappa shape index (κ3) is 8.92. The predicted molar refractivity (Wildman–Crippen MR) is 212 cm³/mol. The van der Waals surface area contributed by atoms with Crippen LogP contribution in [0.4, 0.5) is 4.79 Å². The summed E-state index contributed by atoms with van der Waals surface area (Å²) in [6.07, 6.45) is 12.7. The van der Waals surface area contributed by atoms with Gasteiger partial charge in [0.25, 0.3) is 0 Å². The standard InChI is InChI=1S/C42H53IN5O10S/c1-2-34-42(43-34,40(52)47-59(54,55)28-19-20-28)46-37(50)32-23-27-24-48(32)39(51)35(26-12-6-7-13-26)45-41(53)58-33-18-10-14-25(33)11-4-3-5-16-30-36(56-22-21-49)29-15-8-9-17-31(29)44-38(30)57-27/h2-3,5,8-9,15,17,25-28,32-35,49H,1,4,6-7,10-14,16,18-24H2,(H,45,53)(H,46,50)(H,47,52)/q-1/b5-3+/t25-,27-,32+,33-,34+,35+,42-/m1/s1. The third-order valence-electron chi connectivity index (χ3n) is 12.5. The number of benzene rings is 1. The Hall–Kier alpha value is -3.97. The molecule has 4 N–H and O–H groups in total. The van der Waals surface area contributed by atoms with E-state index in [1.165, 1.54) is 4.90 Å². The van der Waals surface area contributed by atoms with Gasteiger partial charge in [-0.2, -0.15) is 0 Å². The second kappa shape index (κ2) is 17.6. The average Bonchev–Trinajstić information content (AvgIpc) is 4.01. The van der Waals surface area contributed by atoms with Gasteiger partial charge in [-0.05, 0) is 25.7 Å². The van der Waals surface area contributed by atoms with E-state index < -0.39 is 86.0 Å². The number of nitrogens with zero attached hydrogens (tertiary/aromatic N) is 2. The quantitative estimate of drug-likeness (QED) is 0.111. The van der Waals surface area contributed by atoms with Crippen LogP contribution in [0.5, 0.6) is 11.6 Å². The molecule has 3 aliphatic heterocycles. The van der Waals surface area contributed by atoms with Crippen molar-refractivity contribution < 1.29 is 68.1 Å². The molecule has 4 amide bonds. The van der Waals surface area contributed by atoms with Crippen molar-refractivity contribution in [2.24, 2.45) is 11.8 Å². The van der Waals surface area contributed by atoms with E-state index in [-0.39, 0.29) is 50.0 Å². The number of rotatable bonds is 10. The van der Waals surface area contributed by atoms with Crippen LogP contribution in [-0.2, 0) is 35.6 Å². The summed E-state index contributed by atoms with van der Waals surface area (Å²) >= 11 is -1.06. The summed E-state index contributed by atoms with van der Waals surface area (Å²) in [5.74, 6) is -1.09. The molecule has 320 valence electrons. The SMILES string of the molecule is C=C[C@@H]1[I-][C@]1(NC(=O)[C@@H]1C[C@@H]2CN1C(=O)[C@H](C1CCCC1)NC(=O)O[C@@H]1CCC[C@H]1CC/C=C/Cc1c(nc3ccccc3c1OCCO)O2)C(=O)NS(=O)(=O)C1CC1. The van der Waals surface area contributed by atoms with Crippen LogP contribution < -0.4 is 46.0 Å². The van der Waals surface area contributed by atoms with Crippen LogP contribution in [0.3, 0.4) is 0 Å². The molecule has 3 saturated carbocycles. The number of fused-ring (bicyclic) bond motifs is 5. The Morgan fingerprint density at radius 3 is 2.58 bits per heavy atom. The fraction of sp³-hybridized carbons (Fsp3) is 0.595. The molecule has 2 bridgehead atoms. The molecule has 6 aliphatic rings. The average molecular weight is 947 g/mol. The Bertz CT molecular complexity index is 2110. The number of para-hydroxylation sites is 1. The van der Waals surface area contributed by atoms with Crippen LogP contribution in [0.1, 0.15) is 82.6 Å². The number of allylic oxidation sites excluding steroid dienone is 2. The van der Waals surface area contributed by atoms with Crippen molar-refractivity contribution in [3.05, 3.63) is 54.6 Å². The number of pyridine rings is 1. The van der Waals surface area contributed by atoms with E-state index in [4.69, 9.17) is 19.2 Å². The van der Waals surface area contributed by atoms with Crippen LogP contribution in [-0.4, -0.2) is 104 Å². The zero-order valence-electron chi connectivity index (χ0n) is 33.0. The molecular weight excluding hydrogens is 893 g/mol. The van der Waals surface area contributed by atoms with Crippen LogP contribution in [0.2, 0.25) is 0 Å². The van der Waals surface area contributed by atoms with Gasteiger partial charge in [-0.1, -0.05) is 6.07 Å². The molecule has 59 heavy (non-hydrogen) atoms. The summed E-state index contributed by atoms with van der Waals surface area (Å²) in [4.78, 5) is 63.3. The van der Waals surface area contributed by atoms with Crippen molar-refractivity contribution in [3.8, 4) is 11.6 Å². The molecule has 15 nitrogen and oxygen atoms in total. The van der Waals surface area contributed by atoms with Gasteiger partial charge in [0.15, 0.2) is 0 Å². The normalized spacial score (nSPS) is 30.9. The van der Waals surface area contributed by atoms with Crippen molar-refractivity contribution in [1.29, 1.82) is 0 Å². The molecule has 1 aromatic heterocycles. The summed E-state index contributed by atoms with van der Waals surface area (Å²) in [7, 11) is -3.90. The summed E-state index contributed by atoms with van der Waals surface area (Å²) in [5.41, 5.74) is 1.26. The molecule has 2 saturated heterocycles. The number of alkyl halides is 2. The Kier molecular flexibility index (Phi) is 12.4. The number of nitrogens with one attached hydrogen (secondary N) is 3. The molecule has 8 rings (SSSR count). The van der Waals surface area contributed by atoms with Crippen molar-refractivity contribution in [2.45, 2.75) is 120 Å². The molecule has 0 unspecified atom stereocenters. The van der Waals surface area contributed by atoms with Gasteiger partial charge < -0.3 is 5.11 Å². The van der Waals surface area contributed by atoms with Crippen molar-refractivity contribution in [3.63, 3.8) is 0 Å². The first-order valence-corrected chi connectivity index (χ1v) is 24.8. The van der Waals surface area contributed by atoms with E-state index in [1.807, 2.05) is 30.3 Å². The van der Waals surface area contributed by atoms with Gasteiger partial charge in [0.2, 0.25) is 0 Å². The molecule has 3 aliphatic carbocycles. The van der Waals surface area contributed by atoms with Gasteiger partial charge in [0, 0.05) is 0 Å². The molecule has 5 fully saturated rings. The Morgan fingerprint density at radius 1 is 1.05 bits per heavy atom. The molecule has 4 heterocycles. The molecule has 17 heteroatoms. The van der Waals surface area contributed by atoms with E-state index in [9.17, 15) is 32.7 Å². The number of amides is 4. The Balaban J connectivity index is 1.16. The Morgan fingerprint density at radius 2 is 1.83 bits per heavy atom. The summed E-state index contributed by atoms with van der Waals surface area (Å²) in [6.45, 7) is 3.65. The molecular formula is C42H53IN5O10S-. The molecule has 0 spiro atoms. The number of aliphatic hydroxyl groups is 1. The second-order valence-electron chi connectivity index (χ2n) is 16.5. The summed E-state index contributed by atoms with van der Waals surface area (Å²) < 4.78 is 45.0. The van der Waals surface area contributed by atoms with Gasteiger partial charge in [-0.25, -0.2) is 0 Å². The fourth-order valence-electron chi connectivity index (χ4n) is 9.21. The fourth-order valence-corrected chi connectivity index (χ4v) is 13.4. The number of aliphatic hydroxyl groups excluding tert-OH is 1. The number of sulfonamides is 1. The van der Waals surface area contributed by atoms with Gasteiger partial charge in [-0.15, -0.1) is 0 Å². The van der Waals surface area contributed by atoms with Crippen molar-refractivity contribution in [1.82, 2.24) is 25.2 Å². The zero-order chi connectivity index (χ0) is 41.3. The Labute approximate surface area is 354 Å². The van der Waals surface area contributed by atoms with E-state index in [1.54, 1.807) is 6.08 Å². The van der Waals surface area contributed by atoms with Crippen LogP contribution in [0.15, 0.2) is 49.1 Å². The molecule has 1 aromatic carbocycles. The maximum absolute atomic E-state index is 15.0. The second-order valence-corrected chi connectivity index (χ2v) is 22.1. The number of hydrogen-bond acceptors (Lipinski definition) is 11. The number of carbonyl (C=O) groups excluding carboxylic acids is 4. The van der Waals surface area contributed by atoms with E-state index in [2.05, 4.69) is 28.0 Å².